The number of carbonyl (C=O) groups is 2. The van der Waals surface area contributed by atoms with E-state index in [0.29, 0.717) is 13.0 Å². The van der Waals surface area contributed by atoms with Gasteiger partial charge in [0.1, 0.15) is 5.75 Å². The Hall–Kier alpha value is -2.04. The van der Waals surface area contributed by atoms with Crippen molar-refractivity contribution in [1.29, 1.82) is 0 Å². The summed E-state index contributed by atoms with van der Waals surface area (Å²) in [6.45, 7) is 8.60. The Balaban J connectivity index is 2.61. The highest BCUT2D eigenvalue weighted by Crippen LogP contribution is 2.17. The highest BCUT2D eigenvalue weighted by Gasteiger charge is 2.23. The average molecular weight is 335 g/mol. The largest absolute Gasteiger partial charge is 0.494 e. The molecule has 0 saturated heterocycles. The number of benzene rings is 1. The van der Waals surface area contributed by atoms with Crippen molar-refractivity contribution in [3.05, 3.63) is 29.8 Å². The molecule has 1 aromatic carbocycles. The van der Waals surface area contributed by atoms with Crippen LogP contribution in [0, 0.1) is 17.8 Å². The molecule has 1 amide bonds. The Bertz CT molecular complexity index is 527. The molecule has 1 rings (SSSR count). The first kappa shape index (κ1) is 20.0. The third-order valence-electron chi connectivity index (χ3n) is 4.50. The van der Waals surface area contributed by atoms with Crippen molar-refractivity contribution in [3.63, 3.8) is 0 Å². The van der Waals surface area contributed by atoms with Gasteiger partial charge < -0.3 is 15.2 Å². The lowest BCUT2D eigenvalue weighted by Gasteiger charge is -2.20. The standard InChI is InChI=1S/C19H29NO4/c1-5-13(3)14(4)18(21)20-12-16(19(22)23)11-15-7-9-17(10-8-15)24-6-2/h7-10,13-14,16H,5-6,11-12H2,1-4H3,(H,20,21)(H,22,23). The van der Waals surface area contributed by atoms with E-state index < -0.39 is 11.9 Å². The summed E-state index contributed by atoms with van der Waals surface area (Å²) in [6.07, 6.45) is 1.29. The van der Waals surface area contributed by atoms with Gasteiger partial charge in [0.05, 0.1) is 12.5 Å². The molecule has 0 aliphatic rings. The van der Waals surface area contributed by atoms with Crippen molar-refractivity contribution in [3.8, 4) is 5.75 Å². The summed E-state index contributed by atoms with van der Waals surface area (Å²) in [5.74, 6) is -0.697. The van der Waals surface area contributed by atoms with Crippen LogP contribution in [0.4, 0.5) is 0 Å². The molecule has 0 bridgehead atoms. The van der Waals surface area contributed by atoms with Gasteiger partial charge in [0.15, 0.2) is 0 Å². The maximum atomic E-state index is 12.1. The lowest BCUT2D eigenvalue weighted by Crippen LogP contribution is -2.38. The van der Waals surface area contributed by atoms with Crippen molar-refractivity contribution in [1.82, 2.24) is 5.32 Å². The molecular weight excluding hydrogens is 306 g/mol. The quantitative estimate of drug-likeness (QED) is 0.689. The van der Waals surface area contributed by atoms with Gasteiger partial charge in [0.2, 0.25) is 5.91 Å². The highest BCUT2D eigenvalue weighted by molar-refractivity contribution is 5.79. The van der Waals surface area contributed by atoms with Gasteiger partial charge in [-0.15, -0.1) is 0 Å². The third kappa shape index (κ3) is 6.22. The van der Waals surface area contributed by atoms with Crippen molar-refractivity contribution in [2.24, 2.45) is 17.8 Å². The molecule has 0 aliphatic heterocycles. The number of aliphatic carboxylic acids is 1. The summed E-state index contributed by atoms with van der Waals surface area (Å²) in [6, 6.07) is 7.40. The first-order chi connectivity index (χ1) is 11.4. The van der Waals surface area contributed by atoms with E-state index >= 15 is 0 Å². The molecule has 3 unspecified atom stereocenters. The number of nitrogens with one attached hydrogen (secondary N) is 1. The predicted molar refractivity (Wildman–Crippen MR) is 94.1 cm³/mol. The lowest BCUT2D eigenvalue weighted by molar-refractivity contribution is -0.141. The summed E-state index contributed by atoms with van der Waals surface area (Å²) in [5, 5.41) is 12.2. The molecule has 1 aromatic rings. The van der Waals surface area contributed by atoms with Crippen molar-refractivity contribution >= 4 is 11.9 Å². The zero-order valence-electron chi connectivity index (χ0n) is 15.0. The number of rotatable bonds is 10. The Morgan fingerprint density at radius 2 is 1.79 bits per heavy atom. The highest BCUT2D eigenvalue weighted by atomic mass is 16.5. The van der Waals surface area contributed by atoms with Crippen LogP contribution in [-0.4, -0.2) is 30.1 Å². The van der Waals surface area contributed by atoms with Gasteiger partial charge in [-0.2, -0.15) is 0 Å². The van der Waals surface area contributed by atoms with E-state index in [1.165, 1.54) is 0 Å². The van der Waals surface area contributed by atoms with Gasteiger partial charge in [0, 0.05) is 12.5 Å². The maximum absolute atomic E-state index is 12.1. The third-order valence-corrected chi connectivity index (χ3v) is 4.50. The van der Waals surface area contributed by atoms with Crippen LogP contribution < -0.4 is 10.1 Å². The van der Waals surface area contributed by atoms with E-state index in [0.717, 1.165) is 17.7 Å². The second-order valence-electron chi connectivity index (χ2n) is 6.24. The molecule has 24 heavy (non-hydrogen) atoms. The van der Waals surface area contributed by atoms with Crippen LogP contribution in [0.15, 0.2) is 24.3 Å². The van der Waals surface area contributed by atoms with Crippen LogP contribution >= 0.6 is 0 Å². The minimum absolute atomic E-state index is 0.0812. The minimum Gasteiger partial charge on any atom is -0.494 e. The number of carboxylic acid groups (broad SMARTS) is 1. The van der Waals surface area contributed by atoms with E-state index in [-0.39, 0.29) is 24.3 Å². The molecule has 2 N–H and O–H groups in total. The van der Waals surface area contributed by atoms with Crippen LogP contribution in [0.5, 0.6) is 5.75 Å². The zero-order chi connectivity index (χ0) is 18.1. The van der Waals surface area contributed by atoms with Gasteiger partial charge in [-0.05, 0) is 37.0 Å². The fraction of sp³-hybridized carbons (Fsp3) is 0.579. The normalized spacial score (nSPS) is 14.5. The van der Waals surface area contributed by atoms with E-state index in [1.807, 2.05) is 52.0 Å². The number of hydrogen-bond acceptors (Lipinski definition) is 3. The lowest BCUT2D eigenvalue weighted by atomic mass is 9.92. The van der Waals surface area contributed by atoms with Gasteiger partial charge in [0.25, 0.3) is 0 Å². The van der Waals surface area contributed by atoms with Crippen LogP contribution in [0.25, 0.3) is 0 Å². The Morgan fingerprint density at radius 1 is 1.17 bits per heavy atom. The van der Waals surface area contributed by atoms with Gasteiger partial charge >= 0.3 is 5.97 Å². The fourth-order valence-electron chi connectivity index (χ4n) is 2.42. The van der Waals surface area contributed by atoms with Gasteiger partial charge in [-0.3, -0.25) is 9.59 Å². The number of carbonyl (C=O) groups excluding carboxylic acids is 1. The van der Waals surface area contributed by atoms with Crippen LogP contribution in [0.2, 0.25) is 0 Å². The Morgan fingerprint density at radius 3 is 2.29 bits per heavy atom. The van der Waals surface area contributed by atoms with E-state index in [1.54, 1.807) is 0 Å². The number of hydrogen-bond donors (Lipinski definition) is 2. The molecule has 3 atom stereocenters. The SMILES string of the molecule is CCOc1ccc(CC(CNC(=O)C(C)C(C)CC)C(=O)O)cc1. The molecule has 0 radical (unpaired) electrons. The summed E-state index contributed by atoms with van der Waals surface area (Å²) in [4.78, 5) is 23.6. The van der Waals surface area contributed by atoms with Gasteiger partial charge in [-0.25, -0.2) is 0 Å². The number of carboxylic acids is 1. The summed E-state index contributed by atoms with van der Waals surface area (Å²) >= 11 is 0. The van der Waals surface area contributed by atoms with Crippen LogP contribution in [0.3, 0.4) is 0 Å². The van der Waals surface area contributed by atoms with Crippen molar-refractivity contribution in [2.45, 2.75) is 40.5 Å². The van der Waals surface area contributed by atoms with E-state index in [2.05, 4.69) is 5.32 Å². The number of ether oxygens (including phenoxy) is 1. The first-order valence-corrected chi connectivity index (χ1v) is 8.61. The molecule has 5 nitrogen and oxygen atoms in total. The maximum Gasteiger partial charge on any atom is 0.308 e. The molecule has 0 aliphatic carbocycles. The Kier molecular flexibility index (Phi) is 8.30. The van der Waals surface area contributed by atoms with Gasteiger partial charge in [-0.1, -0.05) is 39.3 Å². The van der Waals surface area contributed by atoms with Crippen LogP contribution in [-0.2, 0) is 16.0 Å². The molecule has 0 aromatic heterocycles. The second kappa shape index (κ2) is 9.96. The molecule has 0 saturated carbocycles. The minimum atomic E-state index is -0.902. The van der Waals surface area contributed by atoms with Crippen molar-refractivity contribution < 1.29 is 19.4 Å². The number of amides is 1. The molecule has 0 heterocycles. The van der Waals surface area contributed by atoms with E-state index in [9.17, 15) is 14.7 Å². The molecule has 134 valence electrons. The monoisotopic (exact) mass is 335 g/mol. The van der Waals surface area contributed by atoms with Crippen molar-refractivity contribution in [2.75, 3.05) is 13.2 Å². The molecule has 5 heteroatoms. The second-order valence-corrected chi connectivity index (χ2v) is 6.24. The molecular formula is C19H29NO4. The molecule has 0 spiro atoms. The summed E-state index contributed by atoms with van der Waals surface area (Å²) in [5.41, 5.74) is 0.912. The van der Waals surface area contributed by atoms with E-state index in [4.69, 9.17) is 4.74 Å². The Labute approximate surface area is 144 Å². The van der Waals surface area contributed by atoms with Crippen LogP contribution in [0.1, 0.15) is 39.7 Å². The fourth-order valence-corrected chi connectivity index (χ4v) is 2.42. The average Bonchev–Trinajstić information content (AvgIpc) is 2.58. The smallest absolute Gasteiger partial charge is 0.308 e. The summed E-state index contributed by atoms with van der Waals surface area (Å²) in [7, 11) is 0. The first-order valence-electron chi connectivity index (χ1n) is 8.61. The predicted octanol–water partition coefficient (Wildman–Crippen LogP) is 3.13. The zero-order valence-corrected chi connectivity index (χ0v) is 15.0. The topological polar surface area (TPSA) is 75.6 Å². The summed E-state index contributed by atoms with van der Waals surface area (Å²) < 4.78 is 5.38. The molecule has 0 fully saturated rings.